The summed E-state index contributed by atoms with van der Waals surface area (Å²) in [7, 11) is 3.07. The van der Waals surface area contributed by atoms with Crippen LogP contribution in [0.3, 0.4) is 0 Å². The molecule has 1 unspecified atom stereocenters. The van der Waals surface area contributed by atoms with Crippen molar-refractivity contribution in [3.05, 3.63) is 48.0 Å². The Morgan fingerprint density at radius 2 is 1.87 bits per heavy atom. The van der Waals surface area contributed by atoms with E-state index in [-0.39, 0.29) is 18.5 Å². The quantitative estimate of drug-likeness (QED) is 0.756. The Morgan fingerprint density at radius 1 is 1.10 bits per heavy atom. The van der Waals surface area contributed by atoms with Crippen LogP contribution in [0.25, 0.3) is 0 Å². The summed E-state index contributed by atoms with van der Waals surface area (Å²) in [6, 6.07) is 11.4. The molecule has 156 valence electrons. The van der Waals surface area contributed by atoms with Crippen LogP contribution in [0.2, 0.25) is 0 Å². The van der Waals surface area contributed by atoms with Gasteiger partial charge < -0.3 is 25.0 Å². The molecular formula is C21H22N4O5. The molecule has 0 aromatic heterocycles. The number of methoxy groups -OCH3 is 2. The molecular weight excluding hydrogens is 388 g/mol. The minimum Gasteiger partial charge on any atom is -0.493 e. The molecule has 2 N–H and O–H groups in total. The highest BCUT2D eigenvalue weighted by molar-refractivity contribution is 6.05. The topological polar surface area (TPSA) is 100 Å². The summed E-state index contributed by atoms with van der Waals surface area (Å²) in [5, 5.41) is 5.46. The Bertz CT molecular complexity index is 1010. The Morgan fingerprint density at radius 3 is 2.63 bits per heavy atom. The molecule has 2 aliphatic heterocycles. The molecule has 2 aromatic rings. The normalized spacial score (nSPS) is 17.6. The standard InChI is InChI=1S/C21H22N4O5/c1-29-16-8-7-13(11-17(16)30-2)25-10-9-24(21(25)28)12-18(26)23-19-14-5-3-4-6-15(14)22-20(19)27/h3-8,11,19H,9-10,12H2,1-2H3,(H,22,27)(H,23,26). The van der Waals surface area contributed by atoms with Gasteiger partial charge in [0.2, 0.25) is 5.91 Å². The smallest absolute Gasteiger partial charge is 0.325 e. The average molecular weight is 410 g/mol. The fourth-order valence-corrected chi connectivity index (χ4v) is 3.69. The van der Waals surface area contributed by atoms with E-state index in [1.54, 1.807) is 42.3 Å². The van der Waals surface area contributed by atoms with Crippen LogP contribution >= 0.6 is 0 Å². The van der Waals surface area contributed by atoms with Crippen molar-refractivity contribution in [1.82, 2.24) is 10.2 Å². The number of rotatable bonds is 6. The number of para-hydroxylation sites is 1. The summed E-state index contributed by atoms with van der Waals surface area (Å²) in [4.78, 5) is 40.6. The molecule has 1 fully saturated rings. The Labute approximate surface area is 173 Å². The van der Waals surface area contributed by atoms with Gasteiger partial charge in [-0.3, -0.25) is 14.5 Å². The number of carbonyl (C=O) groups excluding carboxylic acids is 3. The van der Waals surface area contributed by atoms with Gasteiger partial charge >= 0.3 is 6.03 Å². The molecule has 4 rings (SSSR count). The monoisotopic (exact) mass is 410 g/mol. The first-order valence-corrected chi connectivity index (χ1v) is 9.49. The van der Waals surface area contributed by atoms with Crippen LogP contribution in [0.1, 0.15) is 11.6 Å². The summed E-state index contributed by atoms with van der Waals surface area (Å²) in [6.45, 7) is 0.705. The number of anilines is 2. The molecule has 0 bridgehead atoms. The number of hydrogen-bond acceptors (Lipinski definition) is 5. The summed E-state index contributed by atoms with van der Waals surface area (Å²) in [6.07, 6.45) is 0. The van der Waals surface area contributed by atoms with Crippen molar-refractivity contribution in [2.24, 2.45) is 0 Å². The van der Waals surface area contributed by atoms with E-state index >= 15 is 0 Å². The zero-order chi connectivity index (χ0) is 21.3. The number of urea groups is 1. The SMILES string of the molecule is COc1ccc(N2CCN(CC(=O)NC3C(=O)Nc4ccccc43)C2=O)cc1OC. The van der Waals surface area contributed by atoms with Gasteiger partial charge in [-0.15, -0.1) is 0 Å². The van der Waals surface area contributed by atoms with E-state index < -0.39 is 11.9 Å². The minimum atomic E-state index is -0.756. The van der Waals surface area contributed by atoms with Crippen molar-refractivity contribution < 1.29 is 23.9 Å². The predicted molar refractivity (Wildman–Crippen MR) is 110 cm³/mol. The third kappa shape index (κ3) is 3.49. The largest absolute Gasteiger partial charge is 0.493 e. The van der Waals surface area contributed by atoms with Gasteiger partial charge in [0.15, 0.2) is 11.5 Å². The van der Waals surface area contributed by atoms with E-state index in [1.807, 2.05) is 12.1 Å². The van der Waals surface area contributed by atoms with Crippen LogP contribution in [0.5, 0.6) is 11.5 Å². The van der Waals surface area contributed by atoms with Crippen molar-refractivity contribution >= 4 is 29.2 Å². The number of benzene rings is 2. The highest BCUT2D eigenvalue weighted by Gasteiger charge is 2.34. The zero-order valence-electron chi connectivity index (χ0n) is 16.7. The second kappa shape index (κ2) is 7.94. The summed E-state index contributed by atoms with van der Waals surface area (Å²) in [5.41, 5.74) is 2.06. The number of fused-ring (bicyclic) bond motifs is 1. The number of nitrogens with zero attached hydrogens (tertiary/aromatic N) is 2. The molecule has 0 aliphatic carbocycles. The lowest BCUT2D eigenvalue weighted by atomic mass is 10.1. The van der Waals surface area contributed by atoms with Crippen molar-refractivity contribution in [3.63, 3.8) is 0 Å². The Kier molecular flexibility index (Phi) is 5.18. The number of ether oxygens (including phenoxy) is 2. The first-order chi connectivity index (χ1) is 14.5. The molecule has 2 heterocycles. The molecule has 1 saturated heterocycles. The second-order valence-electron chi connectivity index (χ2n) is 6.97. The van der Waals surface area contributed by atoms with Gasteiger partial charge in [0, 0.05) is 36.1 Å². The molecule has 2 aliphatic rings. The van der Waals surface area contributed by atoms with Crippen LogP contribution in [0.15, 0.2) is 42.5 Å². The van der Waals surface area contributed by atoms with Crippen LogP contribution < -0.4 is 25.0 Å². The van der Waals surface area contributed by atoms with Crippen molar-refractivity contribution in [2.75, 3.05) is 44.1 Å². The van der Waals surface area contributed by atoms with E-state index in [2.05, 4.69) is 10.6 Å². The van der Waals surface area contributed by atoms with Crippen molar-refractivity contribution in [1.29, 1.82) is 0 Å². The average Bonchev–Trinajstić information content (AvgIpc) is 3.27. The lowest BCUT2D eigenvalue weighted by molar-refractivity contribution is -0.126. The molecule has 4 amide bonds. The van der Waals surface area contributed by atoms with Gasteiger partial charge in [0.25, 0.3) is 5.91 Å². The predicted octanol–water partition coefficient (Wildman–Crippen LogP) is 1.76. The summed E-state index contributed by atoms with van der Waals surface area (Å²) >= 11 is 0. The maximum atomic E-state index is 12.8. The van der Waals surface area contributed by atoms with Gasteiger partial charge in [0.05, 0.1) is 14.2 Å². The van der Waals surface area contributed by atoms with E-state index in [1.165, 1.54) is 12.0 Å². The fraction of sp³-hybridized carbons (Fsp3) is 0.286. The fourth-order valence-electron chi connectivity index (χ4n) is 3.69. The molecule has 0 spiro atoms. The highest BCUT2D eigenvalue weighted by atomic mass is 16.5. The third-order valence-corrected chi connectivity index (χ3v) is 5.21. The van der Waals surface area contributed by atoms with Crippen LogP contribution in [-0.4, -0.2) is 56.6 Å². The van der Waals surface area contributed by atoms with Gasteiger partial charge in [-0.1, -0.05) is 18.2 Å². The molecule has 9 nitrogen and oxygen atoms in total. The van der Waals surface area contributed by atoms with E-state index in [0.717, 1.165) is 5.56 Å². The van der Waals surface area contributed by atoms with Gasteiger partial charge in [0.1, 0.15) is 12.6 Å². The van der Waals surface area contributed by atoms with Crippen LogP contribution in [0.4, 0.5) is 16.2 Å². The minimum absolute atomic E-state index is 0.130. The number of nitrogens with one attached hydrogen (secondary N) is 2. The molecule has 9 heteroatoms. The molecule has 0 radical (unpaired) electrons. The maximum Gasteiger partial charge on any atom is 0.325 e. The molecule has 0 saturated carbocycles. The van der Waals surface area contributed by atoms with Crippen molar-refractivity contribution in [2.45, 2.75) is 6.04 Å². The lowest BCUT2D eigenvalue weighted by Crippen LogP contribution is -2.42. The number of hydrogen-bond donors (Lipinski definition) is 2. The third-order valence-electron chi connectivity index (χ3n) is 5.21. The van der Waals surface area contributed by atoms with Gasteiger partial charge in [-0.2, -0.15) is 0 Å². The van der Waals surface area contributed by atoms with E-state index in [0.29, 0.717) is 36.0 Å². The Balaban J connectivity index is 1.41. The van der Waals surface area contributed by atoms with E-state index in [4.69, 9.17) is 9.47 Å². The molecule has 30 heavy (non-hydrogen) atoms. The lowest BCUT2D eigenvalue weighted by Gasteiger charge is -2.20. The first-order valence-electron chi connectivity index (χ1n) is 9.49. The number of amides is 4. The summed E-state index contributed by atoms with van der Waals surface area (Å²) < 4.78 is 10.5. The number of carbonyl (C=O) groups is 3. The highest BCUT2D eigenvalue weighted by Crippen LogP contribution is 2.33. The first kappa shape index (κ1) is 19.6. The van der Waals surface area contributed by atoms with Gasteiger partial charge in [-0.25, -0.2) is 4.79 Å². The summed E-state index contributed by atoms with van der Waals surface area (Å²) in [5.74, 6) is 0.405. The molecule has 2 aromatic carbocycles. The second-order valence-corrected chi connectivity index (χ2v) is 6.97. The van der Waals surface area contributed by atoms with Crippen LogP contribution in [0, 0.1) is 0 Å². The Hall–Kier alpha value is -3.75. The van der Waals surface area contributed by atoms with Crippen LogP contribution in [-0.2, 0) is 9.59 Å². The van der Waals surface area contributed by atoms with E-state index in [9.17, 15) is 14.4 Å². The van der Waals surface area contributed by atoms with Crippen molar-refractivity contribution in [3.8, 4) is 11.5 Å². The molecule has 1 atom stereocenters. The zero-order valence-corrected chi connectivity index (χ0v) is 16.7. The maximum absolute atomic E-state index is 12.8. The van der Waals surface area contributed by atoms with Gasteiger partial charge in [-0.05, 0) is 18.2 Å².